The maximum atomic E-state index is 11.6. The van der Waals surface area contributed by atoms with E-state index in [4.69, 9.17) is 4.74 Å². The smallest absolute Gasteiger partial charge is 0.358 e. The third-order valence-electron chi connectivity index (χ3n) is 2.57. The van der Waals surface area contributed by atoms with Crippen LogP contribution >= 0.6 is 0 Å². The van der Waals surface area contributed by atoms with E-state index in [0.717, 1.165) is 16.9 Å². The molecule has 0 saturated heterocycles. The Kier molecular flexibility index (Phi) is 3.10. The van der Waals surface area contributed by atoms with Crippen LogP contribution in [0.1, 0.15) is 21.9 Å². The lowest BCUT2D eigenvalue weighted by Gasteiger charge is -2.01. The Bertz CT molecular complexity index is 560. The number of imidazole rings is 1. The third kappa shape index (κ3) is 2.01. The molecule has 0 bridgehead atoms. The number of carbonyl (C=O) groups excluding carboxylic acids is 1. The number of nitrogens with zero attached hydrogens (tertiary/aromatic N) is 2. The Hall–Kier alpha value is -1.88. The first kappa shape index (κ1) is 11.6. The average molecular weight is 233 g/mol. The molecule has 0 radical (unpaired) electrons. The van der Waals surface area contributed by atoms with E-state index < -0.39 is 5.97 Å². The van der Waals surface area contributed by atoms with E-state index in [-0.39, 0.29) is 0 Å². The van der Waals surface area contributed by atoms with Crippen molar-refractivity contribution in [3.63, 3.8) is 0 Å². The number of methoxy groups -OCH3 is 1. The monoisotopic (exact) mass is 233 g/mol. The third-order valence-corrected chi connectivity index (χ3v) is 2.57. The molecule has 17 heavy (non-hydrogen) atoms. The highest BCUT2D eigenvalue weighted by atomic mass is 16.5. The molecule has 90 valence electrons. The highest BCUT2D eigenvalue weighted by Crippen LogP contribution is 2.15. The predicted octanol–water partition coefficient (Wildman–Crippen LogP) is 1.15. The predicted molar refractivity (Wildman–Crippen MR) is 64.0 cm³/mol. The van der Waals surface area contributed by atoms with Crippen molar-refractivity contribution >= 4 is 11.5 Å². The van der Waals surface area contributed by atoms with E-state index in [9.17, 15) is 4.79 Å². The van der Waals surface area contributed by atoms with Gasteiger partial charge in [-0.25, -0.2) is 9.78 Å². The summed E-state index contributed by atoms with van der Waals surface area (Å²) in [5.74, 6) is 0.389. The van der Waals surface area contributed by atoms with Crippen molar-refractivity contribution in [2.75, 3.05) is 14.2 Å². The van der Waals surface area contributed by atoms with E-state index in [1.165, 1.54) is 7.11 Å². The van der Waals surface area contributed by atoms with Crippen molar-refractivity contribution < 1.29 is 9.53 Å². The zero-order valence-electron chi connectivity index (χ0n) is 10.2. The zero-order valence-corrected chi connectivity index (χ0v) is 10.2. The molecular weight excluding hydrogens is 218 g/mol. The molecular formula is C12H15N3O2. The van der Waals surface area contributed by atoms with Crippen LogP contribution in [-0.2, 0) is 11.3 Å². The molecule has 5 heteroatoms. The van der Waals surface area contributed by atoms with Crippen LogP contribution in [0.25, 0.3) is 5.52 Å². The van der Waals surface area contributed by atoms with E-state index in [2.05, 4.69) is 10.3 Å². The number of fused-ring (bicyclic) bond motifs is 1. The van der Waals surface area contributed by atoms with Crippen LogP contribution in [0.3, 0.4) is 0 Å². The highest BCUT2D eigenvalue weighted by molar-refractivity contribution is 5.95. The summed E-state index contributed by atoms with van der Waals surface area (Å²) in [5.41, 5.74) is 2.24. The van der Waals surface area contributed by atoms with Crippen molar-refractivity contribution in [1.82, 2.24) is 14.7 Å². The van der Waals surface area contributed by atoms with Crippen LogP contribution in [0, 0.1) is 6.92 Å². The molecule has 0 saturated carbocycles. The van der Waals surface area contributed by atoms with Crippen molar-refractivity contribution in [1.29, 1.82) is 0 Å². The standard InChI is InChI=1S/C12H15N3O2/c1-8-4-5-9-11(12(16)17-3)14-10(6-13-2)15(9)7-8/h4-5,7,13H,6H2,1-3H3. The fourth-order valence-electron chi connectivity index (χ4n) is 1.78. The summed E-state index contributed by atoms with van der Waals surface area (Å²) in [6, 6.07) is 3.83. The highest BCUT2D eigenvalue weighted by Gasteiger charge is 2.17. The number of hydrogen-bond donors (Lipinski definition) is 1. The minimum Gasteiger partial charge on any atom is -0.464 e. The summed E-state index contributed by atoms with van der Waals surface area (Å²) in [5, 5.41) is 3.03. The van der Waals surface area contributed by atoms with E-state index in [1.807, 2.05) is 36.7 Å². The van der Waals surface area contributed by atoms with Crippen LogP contribution in [0.2, 0.25) is 0 Å². The van der Waals surface area contributed by atoms with Gasteiger partial charge in [0.1, 0.15) is 5.82 Å². The Morgan fingerprint density at radius 1 is 1.53 bits per heavy atom. The topological polar surface area (TPSA) is 55.6 Å². The van der Waals surface area contributed by atoms with Gasteiger partial charge >= 0.3 is 5.97 Å². The molecule has 0 aliphatic rings. The Balaban J connectivity index is 2.66. The van der Waals surface area contributed by atoms with Crippen LogP contribution in [-0.4, -0.2) is 29.5 Å². The first-order chi connectivity index (χ1) is 8.17. The number of aromatic nitrogens is 2. The molecule has 2 aromatic heterocycles. The van der Waals surface area contributed by atoms with Gasteiger partial charge in [0.15, 0.2) is 5.69 Å². The fraction of sp³-hybridized carbons (Fsp3) is 0.333. The maximum Gasteiger partial charge on any atom is 0.358 e. The Labute approximate surface area is 99.4 Å². The first-order valence-electron chi connectivity index (χ1n) is 5.38. The lowest BCUT2D eigenvalue weighted by atomic mass is 10.2. The van der Waals surface area contributed by atoms with Gasteiger partial charge in [0.2, 0.25) is 0 Å². The van der Waals surface area contributed by atoms with Crippen molar-refractivity contribution in [3.05, 3.63) is 35.4 Å². The molecule has 2 rings (SSSR count). The fourth-order valence-corrected chi connectivity index (χ4v) is 1.78. The molecule has 0 aliphatic carbocycles. The molecule has 0 fully saturated rings. The number of hydrogen-bond acceptors (Lipinski definition) is 4. The summed E-state index contributed by atoms with van der Waals surface area (Å²) in [7, 11) is 3.20. The normalized spacial score (nSPS) is 10.8. The number of rotatable bonds is 3. The largest absolute Gasteiger partial charge is 0.464 e. The molecule has 0 aromatic carbocycles. The lowest BCUT2D eigenvalue weighted by molar-refractivity contribution is 0.0597. The summed E-state index contributed by atoms with van der Waals surface area (Å²) < 4.78 is 6.65. The molecule has 0 amide bonds. The van der Waals surface area contributed by atoms with Gasteiger partial charge in [-0.1, -0.05) is 6.07 Å². The number of carbonyl (C=O) groups is 1. The van der Waals surface area contributed by atoms with Crippen molar-refractivity contribution in [2.45, 2.75) is 13.5 Å². The number of pyridine rings is 1. The molecule has 5 nitrogen and oxygen atoms in total. The summed E-state index contributed by atoms with van der Waals surface area (Å²) in [4.78, 5) is 15.9. The number of esters is 1. The number of nitrogens with one attached hydrogen (secondary N) is 1. The van der Waals surface area contributed by atoms with E-state index in [1.54, 1.807) is 0 Å². The second-order valence-corrected chi connectivity index (χ2v) is 3.86. The van der Waals surface area contributed by atoms with Gasteiger partial charge < -0.3 is 14.5 Å². The van der Waals surface area contributed by atoms with Gasteiger partial charge in [0.05, 0.1) is 19.2 Å². The Morgan fingerprint density at radius 3 is 2.94 bits per heavy atom. The Morgan fingerprint density at radius 2 is 2.29 bits per heavy atom. The second kappa shape index (κ2) is 4.55. The van der Waals surface area contributed by atoms with Crippen molar-refractivity contribution in [3.8, 4) is 0 Å². The van der Waals surface area contributed by atoms with Gasteiger partial charge in [0.25, 0.3) is 0 Å². The summed E-state index contributed by atoms with van der Waals surface area (Å²) in [6.07, 6.45) is 1.96. The minimum absolute atomic E-state index is 0.359. The maximum absolute atomic E-state index is 11.6. The SMILES string of the molecule is CNCc1nc(C(=O)OC)c2ccc(C)cn12. The molecule has 0 unspecified atom stereocenters. The van der Waals surface area contributed by atoms with Crippen LogP contribution < -0.4 is 5.32 Å². The van der Waals surface area contributed by atoms with Crippen LogP contribution in [0.15, 0.2) is 18.3 Å². The minimum atomic E-state index is -0.409. The van der Waals surface area contributed by atoms with Gasteiger partial charge in [0, 0.05) is 6.20 Å². The average Bonchev–Trinajstić information content (AvgIpc) is 2.67. The van der Waals surface area contributed by atoms with Crippen LogP contribution in [0.5, 0.6) is 0 Å². The quantitative estimate of drug-likeness (QED) is 0.808. The van der Waals surface area contributed by atoms with Crippen molar-refractivity contribution in [2.24, 2.45) is 0 Å². The number of aryl methyl sites for hydroxylation is 1. The van der Waals surface area contributed by atoms with Gasteiger partial charge in [-0.2, -0.15) is 0 Å². The number of ether oxygens (including phenoxy) is 1. The van der Waals surface area contributed by atoms with E-state index in [0.29, 0.717) is 12.2 Å². The molecule has 1 N–H and O–H groups in total. The summed E-state index contributed by atoms with van der Waals surface area (Å²) in [6.45, 7) is 2.60. The first-order valence-corrected chi connectivity index (χ1v) is 5.38. The summed E-state index contributed by atoms with van der Waals surface area (Å²) >= 11 is 0. The van der Waals surface area contributed by atoms with Gasteiger partial charge in [-0.05, 0) is 25.6 Å². The zero-order chi connectivity index (χ0) is 12.4. The van der Waals surface area contributed by atoms with Crippen LogP contribution in [0.4, 0.5) is 0 Å². The lowest BCUT2D eigenvalue weighted by Crippen LogP contribution is -2.09. The molecule has 0 atom stereocenters. The molecule has 2 aromatic rings. The molecule has 0 aliphatic heterocycles. The van der Waals surface area contributed by atoms with Gasteiger partial charge in [-0.15, -0.1) is 0 Å². The molecule has 0 spiro atoms. The second-order valence-electron chi connectivity index (χ2n) is 3.86. The molecule has 2 heterocycles. The van der Waals surface area contributed by atoms with Gasteiger partial charge in [-0.3, -0.25) is 0 Å². The van der Waals surface area contributed by atoms with E-state index >= 15 is 0 Å².